The molecule has 2 N–H and O–H groups in total. The quantitative estimate of drug-likeness (QED) is 0.621. The average molecular weight is 263 g/mol. The van der Waals surface area contributed by atoms with Crippen molar-refractivity contribution in [3.63, 3.8) is 0 Å². The van der Waals surface area contributed by atoms with Crippen LogP contribution in [0, 0.1) is 10.1 Å². The summed E-state index contributed by atoms with van der Waals surface area (Å²) in [4.78, 5) is 17.1. The molecule has 0 aromatic carbocycles. The maximum atomic E-state index is 11.2. The summed E-state index contributed by atoms with van der Waals surface area (Å²) in [5.74, 6) is 0.0372. The lowest BCUT2D eigenvalue weighted by atomic mass is 10.3. The molecule has 2 aromatic rings. The van der Waals surface area contributed by atoms with Crippen LogP contribution in [0.1, 0.15) is 12.1 Å². The summed E-state index contributed by atoms with van der Waals surface area (Å²) in [5, 5.41) is 11.2. The molecule has 0 radical (unpaired) electrons. The van der Waals surface area contributed by atoms with E-state index in [0.29, 0.717) is 24.4 Å². The van der Waals surface area contributed by atoms with Gasteiger partial charge in [0.15, 0.2) is 5.69 Å². The van der Waals surface area contributed by atoms with Crippen molar-refractivity contribution in [3.8, 4) is 0 Å². The van der Waals surface area contributed by atoms with Crippen LogP contribution in [0.15, 0.2) is 24.4 Å². The Bertz CT molecular complexity index is 581. The second-order valence-electron chi connectivity index (χ2n) is 4.45. The van der Waals surface area contributed by atoms with E-state index in [9.17, 15) is 10.1 Å². The zero-order valence-electron chi connectivity index (χ0n) is 10.8. The van der Waals surface area contributed by atoms with Gasteiger partial charge in [-0.05, 0) is 37.5 Å². The van der Waals surface area contributed by atoms with E-state index in [1.807, 2.05) is 18.0 Å². The fourth-order valence-electron chi connectivity index (χ4n) is 2.03. The van der Waals surface area contributed by atoms with E-state index < -0.39 is 0 Å². The van der Waals surface area contributed by atoms with Gasteiger partial charge in [-0.1, -0.05) is 6.07 Å². The van der Waals surface area contributed by atoms with E-state index in [4.69, 9.17) is 5.73 Å². The molecule has 2 aromatic heterocycles. The molecule has 0 saturated carbocycles. The second kappa shape index (κ2) is 5.77. The maximum Gasteiger partial charge on any atom is 0.352 e. The number of aromatic nitrogens is 2. The first kappa shape index (κ1) is 13.4. The highest BCUT2D eigenvalue weighted by Gasteiger charge is 2.22. The van der Waals surface area contributed by atoms with E-state index in [2.05, 4.69) is 4.98 Å². The summed E-state index contributed by atoms with van der Waals surface area (Å²) < 4.78 is 1.51. The van der Waals surface area contributed by atoms with Crippen molar-refractivity contribution >= 4 is 11.5 Å². The molecule has 0 atom stereocenters. The molecule has 0 aliphatic carbocycles. The molecular weight excluding hydrogens is 246 g/mol. The van der Waals surface area contributed by atoms with Crippen LogP contribution in [0.5, 0.6) is 0 Å². The van der Waals surface area contributed by atoms with Crippen LogP contribution < -0.4 is 5.73 Å². The summed E-state index contributed by atoms with van der Waals surface area (Å²) in [6.07, 6.45) is 2.52. The van der Waals surface area contributed by atoms with Crippen LogP contribution in [-0.4, -0.2) is 39.3 Å². The molecule has 0 bridgehead atoms. The number of nitrogens with two attached hydrogens (primary N) is 1. The van der Waals surface area contributed by atoms with Crippen molar-refractivity contribution in [1.29, 1.82) is 0 Å². The highest BCUT2D eigenvalue weighted by Crippen LogP contribution is 2.21. The molecule has 2 rings (SSSR count). The lowest BCUT2D eigenvalue weighted by molar-refractivity contribution is -0.391. The van der Waals surface area contributed by atoms with Gasteiger partial charge in [-0.3, -0.25) is 0 Å². The molecule has 102 valence electrons. The Kier molecular flexibility index (Phi) is 4.08. The molecule has 7 nitrogen and oxygen atoms in total. The first-order chi connectivity index (χ1) is 9.13. The van der Waals surface area contributed by atoms with Crippen LogP contribution in [-0.2, 0) is 6.54 Å². The van der Waals surface area contributed by atoms with Gasteiger partial charge >= 0.3 is 5.82 Å². The van der Waals surface area contributed by atoms with E-state index in [1.54, 1.807) is 18.3 Å². The van der Waals surface area contributed by atoms with E-state index in [-0.39, 0.29) is 10.7 Å². The molecule has 2 heterocycles. The maximum absolute atomic E-state index is 11.2. The number of imidazole rings is 1. The van der Waals surface area contributed by atoms with E-state index in [0.717, 1.165) is 13.0 Å². The molecule has 0 amide bonds. The zero-order valence-corrected chi connectivity index (χ0v) is 10.8. The van der Waals surface area contributed by atoms with Gasteiger partial charge in [0.25, 0.3) is 0 Å². The van der Waals surface area contributed by atoms with Crippen molar-refractivity contribution in [2.45, 2.75) is 13.0 Å². The van der Waals surface area contributed by atoms with Gasteiger partial charge in [-0.25, -0.2) is 4.98 Å². The minimum atomic E-state index is -0.383. The summed E-state index contributed by atoms with van der Waals surface area (Å²) in [5.41, 5.74) is 6.53. The minimum absolute atomic E-state index is 0.0372. The van der Waals surface area contributed by atoms with Crippen molar-refractivity contribution in [2.75, 3.05) is 20.1 Å². The molecule has 19 heavy (non-hydrogen) atoms. The van der Waals surface area contributed by atoms with Crippen LogP contribution in [0.25, 0.3) is 5.65 Å². The van der Waals surface area contributed by atoms with Crippen molar-refractivity contribution in [2.24, 2.45) is 5.73 Å². The predicted octanol–water partition coefficient (Wildman–Crippen LogP) is 1.02. The number of nitro groups is 1. The largest absolute Gasteiger partial charge is 0.358 e. The number of pyridine rings is 1. The van der Waals surface area contributed by atoms with Crippen LogP contribution in [0.2, 0.25) is 0 Å². The summed E-state index contributed by atoms with van der Waals surface area (Å²) >= 11 is 0. The third-order valence-electron chi connectivity index (χ3n) is 2.91. The molecule has 0 aliphatic rings. The molecule has 0 fully saturated rings. The standard InChI is InChI=1S/C12H17N5O2/c1-15(7-4-6-13)9-10-12(17(18)19)16-8-3-2-5-11(16)14-10/h2-3,5,8H,4,6-7,9,13H2,1H3. The first-order valence-electron chi connectivity index (χ1n) is 6.12. The van der Waals surface area contributed by atoms with E-state index in [1.165, 1.54) is 4.40 Å². The molecule has 0 spiro atoms. The average Bonchev–Trinajstić information content (AvgIpc) is 2.74. The molecule has 0 aliphatic heterocycles. The first-order valence-corrected chi connectivity index (χ1v) is 6.12. The summed E-state index contributed by atoms with van der Waals surface area (Å²) in [7, 11) is 1.91. The predicted molar refractivity (Wildman–Crippen MR) is 71.9 cm³/mol. The van der Waals surface area contributed by atoms with Crippen LogP contribution >= 0.6 is 0 Å². The number of rotatable bonds is 6. The van der Waals surface area contributed by atoms with Gasteiger partial charge < -0.3 is 20.7 Å². The lowest BCUT2D eigenvalue weighted by Crippen LogP contribution is -2.22. The Morgan fingerprint density at radius 1 is 1.53 bits per heavy atom. The van der Waals surface area contributed by atoms with Crippen LogP contribution in [0.4, 0.5) is 5.82 Å². The Hall–Kier alpha value is -1.99. The van der Waals surface area contributed by atoms with E-state index >= 15 is 0 Å². The van der Waals surface area contributed by atoms with Crippen molar-refractivity contribution in [3.05, 3.63) is 40.2 Å². The minimum Gasteiger partial charge on any atom is -0.358 e. The third-order valence-corrected chi connectivity index (χ3v) is 2.91. The Morgan fingerprint density at radius 2 is 2.32 bits per heavy atom. The smallest absolute Gasteiger partial charge is 0.352 e. The second-order valence-corrected chi connectivity index (χ2v) is 4.45. The fraction of sp³-hybridized carbons (Fsp3) is 0.417. The number of hydrogen-bond acceptors (Lipinski definition) is 5. The SMILES string of the molecule is CN(CCCN)Cc1nc2ccccn2c1[N+](=O)[O-]. The fourth-order valence-corrected chi connectivity index (χ4v) is 2.03. The molecule has 0 saturated heterocycles. The van der Waals surface area contributed by atoms with Crippen LogP contribution in [0.3, 0.4) is 0 Å². The van der Waals surface area contributed by atoms with Crippen molar-refractivity contribution < 1.29 is 4.92 Å². The number of nitrogens with zero attached hydrogens (tertiary/aromatic N) is 4. The normalized spacial score (nSPS) is 11.3. The highest BCUT2D eigenvalue weighted by atomic mass is 16.6. The van der Waals surface area contributed by atoms with Gasteiger partial charge in [-0.15, -0.1) is 0 Å². The van der Waals surface area contributed by atoms with Crippen molar-refractivity contribution in [1.82, 2.24) is 14.3 Å². The van der Waals surface area contributed by atoms with Gasteiger partial charge in [0.1, 0.15) is 0 Å². The third kappa shape index (κ3) is 2.88. The van der Waals surface area contributed by atoms with Gasteiger partial charge in [0.05, 0.1) is 6.20 Å². The Balaban J connectivity index is 2.31. The highest BCUT2D eigenvalue weighted by molar-refractivity contribution is 5.48. The number of fused-ring (bicyclic) bond motifs is 1. The summed E-state index contributed by atoms with van der Waals surface area (Å²) in [6, 6.07) is 5.33. The number of hydrogen-bond donors (Lipinski definition) is 1. The summed E-state index contributed by atoms with van der Waals surface area (Å²) in [6.45, 7) is 1.84. The Labute approximate surface area is 110 Å². The monoisotopic (exact) mass is 263 g/mol. The molecular formula is C12H17N5O2. The molecule has 7 heteroatoms. The van der Waals surface area contributed by atoms with Gasteiger partial charge in [-0.2, -0.15) is 4.40 Å². The molecule has 0 unspecified atom stereocenters. The topological polar surface area (TPSA) is 89.7 Å². The lowest BCUT2D eigenvalue weighted by Gasteiger charge is -2.13. The Morgan fingerprint density at radius 3 is 3.00 bits per heavy atom. The zero-order chi connectivity index (χ0) is 13.8. The van der Waals surface area contributed by atoms with Gasteiger partial charge in [0.2, 0.25) is 5.65 Å². The van der Waals surface area contributed by atoms with Gasteiger partial charge in [0, 0.05) is 12.6 Å².